The van der Waals surface area contributed by atoms with Gasteiger partial charge in [-0.25, -0.2) is 0 Å². The summed E-state index contributed by atoms with van der Waals surface area (Å²) >= 11 is 0. The summed E-state index contributed by atoms with van der Waals surface area (Å²) < 4.78 is 49.1. The van der Waals surface area contributed by atoms with Crippen LogP contribution in [0.2, 0.25) is 0 Å². The van der Waals surface area contributed by atoms with Crippen molar-refractivity contribution in [3.8, 4) is 22.4 Å². The highest BCUT2D eigenvalue weighted by Crippen LogP contribution is 2.43. The SMILES string of the molecule is [2H]C([2H])([2H])c1cnc(-c2cccc3c2oc2c4ccc(-c5ccc(C(C)(C)C)cc5C(C)(C)C)cc4cc(C)c32)cc1C([2H])([2H])C(C)(C)C. The molecule has 0 N–H and O–H groups in total. The largest absolute Gasteiger partial charge is 0.455 e. The minimum absolute atomic E-state index is 0.0391. The van der Waals surface area contributed by atoms with Gasteiger partial charge in [0.05, 0.1) is 5.69 Å². The lowest BCUT2D eigenvalue weighted by molar-refractivity contribution is 0.410. The van der Waals surface area contributed by atoms with Crippen LogP contribution < -0.4 is 0 Å². The first-order valence-corrected chi connectivity index (χ1v) is 15.6. The number of rotatable bonds is 3. The summed E-state index contributed by atoms with van der Waals surface area (Å²) in [5.41, 5.74) is 7.91. The van der Waals surface area contributed by atoms with Crippen LogP contribution in [0.25, 0.3) is 55.1 Å². The second-order valence-electron chi connectivity index (χ2n) is 15.4. The minimum Gasteiger partial charge on any atom is -0.455 e. The Morgan fingerprint density at radius 2 is 1.52 bits per heavy atom. The molecule has 4 aromatic carbocycles. The van der Waals surface area contributed by atoms with Crippen LogP contribution in [0.15, 0.2) is 77.3 Å². The van der Waals surface area contributed by atoms with Gasteiger partial charge in [-0.2, -0.15) is 0 Å². The van der Waals surface area contributed by atoms with Gasteiger partial charge in [0, 0.05) is 34.8 Å². The molecular weight excluding hydrogens is 534 g/mol. The minimum atomic E-state index is -2.51. The van der Waals surface area contributed by atoms with Gasteiger partial charge >= 0.3 is 0 Å². The summed E-state index contributed by atoms with van der Waals surface area (Å²) in [6.45, 7) is 18.5. The number of aryl methyl sites for hydroxylation is 2. The number of hydrogen-bond acceptors (Lipinski definition) is 2. The first-order valence-electron chi connectivity index (χ1n) is 18.1. The standard InChI is InChI=1S/C42H47NO/c1-25-19-28-20-27(31-18-16-30(41(6,7)8)22-35(31)42(9,10)11)15-17-32(28)39-37(25)34-14-12-13-33(38(34)44-39)36-21-29(23-40(3,4)5)26(2)24-43-36/h12-22,24H,23H2,1-11H3/i2D3,23D2. The Balaban J connectivity index is 1.56. The molecule has 0 spiro atoms. The molecule has 0 aliphatic heterocycles. The summed E-state index contributed by atoms with van der Waals surface area (Å²) in [4.78, 5) is 4.58. The molecular formula is C42H47NO. The molecule has 6 aromatic rings. The van der Waals surface area contributed by atoms with E-state index in [-0.39, 0.29) is 22.0 Å². The van der Waals surface area contributed by atoms with Gasteiger partial charge in [-0.1, -0.05) is 105 Å². The smallest absolute Gasteiger partial charge is 0.144 e. The van der Waals surface area contributed by atoms with E-state index >= 15 is 0 Å². The van der Waals surface area contributed by atoms with Crippen molar-refractivity contribution in [2.45, 2.75) is 93.3 Å². The van der Waals surface area contributed by atoms with Gasteiger partial charge in [-0.05, 0) is 105 Å². The van der Waals surface area contributed by atoms with E-state index in [0.29, 0.717) is 16.8 Å². The Morgan fingerprint density at radius 3 is 2.20 bits per heavy atom. The van der Waals surface area contributed by atoms with Gasteiger partial charge in [0.2, 0.25) is 0 Å². The van der Waals surface area contributed by atoms with Crippen molar-refractivity contribution in [1.82, 2.24) is 4.98 Å². The van der Waals surface area contributed by atoms with Crippen molar-refractivity contribution in [2.75, 3.05) is 0 Å². The summed E-state index contributed by atoms with van der Waals surface area (Å²) in [5.74, 6) is 0. The number of para-hydroxylation sites is 1. The van der Waals surface area contributed by atoms with E-state index in [0.717, 1.165) is 38.3 Å². The normalized spacial score (nSPS) is 15.3. The molecule has 2 nitrogen and oxygen atoms in total. The summed E-state index contributed by atoms with van der Waals surface area (Å²) in [6.07, 6.45) is -0.620. The van der Waals surface area contributed by atoms with Gasteiger partial charge in [-0.15, -0.1) is 0 Å². The molecule has 2 heteroatoms. The van der Waals surface area contributed by atoms with Crippen LogP contribution in [0.3, 0.4) is 0 Å². The molecule has 2 heterocycles. The quantitative estimate of drug-likeness (QED) is 0.206. The van der Waals surface area contributed by atoms with E-state index in [1.54, 1.807) is 26.8 Å². The zero-order chi connectivity index (χ0) is 36.1. The Morgan fingerprint density at radius 1 is 0.750 bits per heavy atom. The van der Waals surface area contributed by atoms with Crippen LogP contribution in [-0.4, -0.2) is 4.98 Å². The fourth-order valence-corrected chi connectivity index (χ4v) is 6.26. The molecule has 0 aliphatic rings. The zero-order valence-electron chi connectivity index (χ0n) is 32.8. The molecule has 0 aliphatic carbocycles. The second kappa shape index (κ2) is 10.3. The first kappa shape index (κ1) is 24.4. The highest BCUT2D eigenvalue weighted by molar-refractivity contribution is 6.18. The van der Waals surface area contributed by atoms with Gasteiger partial charge in [0.25, 0.3) is 0 Å². The molecule has 6 rings (SSSR count). The van der Waals surface area contributed by atoms with Crippen LogP contribution in [-0.2, 0) is 17.2 Å². The molecule has 44 heavy (non-hydrogen) atoms. The number of hydrogen-bond donors (Lipinski definition) is 0. The van der Waals surface area contributed by atoms with Crippen molar-refractivity contribution >= 4 is 32.7 Å². The molecule has 0 saturated carbocycles. The predicted octanol–water partition coefficient (Wildman–Crippen LogP) is 12.3. The van der Waals surface area contributed by atoms with Crippen LogP contribution in [0.1, 0.15) is 97.0 Å². The lowest BCUT2D eigenvalue weighted by Crippen LogP contribution is -2.17. The maximum atomic E-state index is 9.00. The van der Waals surface area contributed by atoms with E-state index < -0.39 is 18.6 Å². The first-order chi connectivity index (χ1) is 22.5. The van der Waals surface area contributed by atoms with Crippen molar-refractivity contribution < 1.29 is 11.3 Å². The number of nitrogens with zero attached hydrogens (tertiary/aromatic N) is 1. The molecule has 0 bridgehead atoms. The van der Waals surface area contributed by atoms with Crippen LogP contribution in [0, 0.1) is 19.2 Å². The molecule has 0 unspecified atom stereocenters. The molecule has 0 amide bonds. The van der Waals surface area contributed by atoms with Gasteiger partial charge in [-0.3, -0.25) is 4.98 Å². The molecule has 2 aromatic heterocycles. The van der Waals surface area contributed by atoms with Gasteiger partial charge in [0.1, 0.15) is 11.2 Å². The van der Waals surface area contributed by atoms with Crippen LogP contribution in [0.4, 0.5) is 0 Å². The van der Waals surface area contributed by atoms with Crippen molar-refractivity contribution in [3.05, 3.63) is 101 Å². The van der Waals surface area contributed by atoms with E-state index in [2.05, 4.69) is 95.9 Å². The van der Waals surface area contributed by atoms with E-state index in [9.17, 15) is 0 Å². The van der Waals surface area contributed by atoms with Crippen LogP contribution >= 0.6 is 0 Å². The molecule has 226 valence electrons. The molecule has 0 fully saturated rings. The van der Waals surface area contributed by atoms with Crippen molar-refractivity contribution in [3.63, 3.8) is 0 Å². The Kier molecular flexibility index (Phi) is 5.73. The third kappa shape index (κ3) is 5.45. The van der Waals surface area contributed by atoms with E-state index in [1.165, 1.54) is 22.9 Å². The van der Waals surface area contributed by atoms with Crippen LogP contribution in [0.5, 0.6) is 0 Å². The van der Waals surface area contributed by atoms with Crippen molar-refractivity contribution in [1.29, 1.82) is 0 Å². The fourth-order valence-electron chi connectivity index (χ4n) is 6.26. The summed E-state index contributed by atoms with van der Waals surface area (Å²) in [6, 6.07) is 23.2. The third-order valence-corrected chi connectivity index (χ3v) is 8.47. The second-order valence-corrected chi connectivity index (χ2v) is 15.4. The lowest BCUT2D eigenvalue weighted by Gasteiger charge is -2.27. The average molecular weight is 587 g/mol. The monoisotopic (exact) mass is 586 g/mol. The number of aromatic nitrogens is 1. The number of pyridine rings is 1. The van der Waals surface area contributed by atoms with Gasteiger partial charge in [0.15, 0.2) is 0 Å². The lowest BCUT2D eigenvalue weighted by atomic mass is 9.77. The molecule has 0 saturated heterocycles. The average Bonchev–Trinajstić information content (AvgIpc) is 3.39. The number of furan rings is 1. The Labute approximate surface area is 270 Å². The van der Waals surface area contributed by atoms with E-state index in [1.807, 2.05) is 18.2 Å². The third-order valence-electron chi connectivity index (χ3n) is 8.47. The Bertz CT molecular complexity index is 2250. The highest BCUT2D eigenvalue weighted by Gasteiger charge is 2.24. The summed E-state index contributed by atoms with van der Waals surface area (Å²) in [5, 5.41) is 4.05. The maximum absolute atomic E-state index is 9.00. The van der Waals surface area contributed by atoms with Crippen molar-refractivity contribution in [2.24, 2.45) is 5.41 Å². The Hall–Kier alpha value is -3.91. The predicted molar refractivity (Wildman–Crippen MR) is 190 cm³/mol. The fraction of sp³-hybridized carbons (Fsp3) is 0.357. The molecule has 0 radical (unpaired) electrons. The highest BCUT2D eigenvalue weighted by atomic mass is 16.3. The summed E-state index contributed by atoms with van der Waals surface area (Å²) in [7, 11) is 0. The van der Waals surface area contributed by atoms with E-state index in [4.69, 9.17) is 11.3 Å². The topological polar surface area (TPSA) is 26.0 Å². The molecule has 0 atom stereocenters. The zero-order valence-corrected chi connectivity index (χ0v) is 27.8. The maximum Gasteiger partial charge on any atom is 0.144 e. The number of benzene rings is 4. The van der Waals surface area contributed by atoms with Gasteiger partial charge < -0.3 is 4.42 Å². The number of fused-ring (bicyclic) bond motifs is 5.